The number of fused-ring (bicyclic) bond motifs is 1. The van der Waals surface area contributed by atoms with Crippen molar-refractivity contribution in [3.05, 3.63) is 48.6 Å². The van der Waals surface area contributed by atoms with Gasteiger partial charge in [0.15, 0.2) is 11.5 Å². The number of phenolic OH excluding ortho intramolecular Hbond substituents is 1. The Morgan fingerprint density at radius 3 is 2.71 bits per heavy atom. The molecule has 0 saturated carbocycles. The van der Waals surface area contributed by atoms with E-state index < -0.39 is 5.97 Å². The lowest BCUT2D eigenvalue weighted by Crippen LogP contribution is -2.22. The highest BCUT2D eigenvalue weighted by atomic mass is 16.6. The van der Waals surface area contributed by atoms with Crippen molar-refractivity contribution in [2.75, 3.05) is 6.61 Å². The van der Waals surface area contributed by atoms with Gasteiger partial charge in [-0.15, -0.1) is 0 Å². The van der Waals surface area contributed by atoms with Crippen molar-refractivity contribution >= 4 is 16.7 Å². The summed E-state index contributed by atoms with van der Waals surface area (Å²) in [6.07, 6.45) is -0.384. The van der Waals surface area contributed by atoms with E-state index in [4.69, 9.17) is 9.47 Å². The maximum atomic E-state index is 11.4. The molecule has 21 heavy (non-hydrogen) atoms. The van der Waals surface area contributed by atoms with Crippen molar-refractivity contribution in [1.29, 1.82) is 0 Å². The molecule has 0 spiro atoms. The van der Waals surface area contributed by atoms with E-state index in [1.54, 1.807) is 19.9 Å². The van der Waals surface area contributed by atoms with Gasteiger partial charge in [0.25, 0.3) is 0 Å². The summed E-state index contributed by atoms with van der Waals surface area (Å²) in [6, 6.07) is 11.0. The fourth-order valence-corrected chi connectivity index (χ4v) is 1.91. The molecule has 0 radical (unpaired) electrons. The quantitative estimate of drug-likeness (QED) is 0.676. The highest BCUT2D eigenvalue weighted by molar-refractivity contribution is 5.90. The van der Waals surface area contributed by atoms with Crippen molar-refractivity contribution in [1.82, 2.24) is 0 Å². The molecule has 2 rings (SSSR count). The number of aromatic hydroxyl groups is 1. The Morgan fingerprint density at radius 1 is 1.29 bits per heavy atom. The summed E-state index contributed by atoms with van der Waals surface area (Å²) in [7, 11) is 0. The van der Waals surface area contributed by atoms with Crippen molar-refractivity contribution in [3.8, 4) is 11.5 Å². The number of rotatable bonds is 5. The van der Waals surface area contributed by atoms with Gasteiger partial charge >= 0.3 is 5.97 Å². The summed E-state index contributed by atoms with van der Waals surface area (Å²) in [5, 5.41) is 11.8. The average Bonchev–Trinajstić information content (AvgIpc) is 2.47. The predicted molar refractivity (Wildman–Crippen MR) is 81.5 cm³/mol. The lowest BCUT2D eigenvalue weighted by Gasteiger charge is -2.17. The zero-order valence-electron chi connectivity index (χ0n) is 12.1. The molecule has 1 atom stereocenters. The number of carbonyl (C=O) groups excluding carboxylic acids is 1. The number of hydrogen-bond donors (Lipinski definition) is 1. The summed E-state index contributed by atoms with van der Waals surface area (Å²) >= 11 is 0. The van der Waals surface area contributed by atoms with Crippen molar-refractivity contribution in [2.45, 2.75) is 20.0 Å². The fraction of sp³-hybridized carbons (Fsp3) is 0.235. The molecule has 2 aromatic rings. The summed E-state index contributed by atoms with van der Waals surface area (Å²) < 4.78 is 10.8. The molecule has 0 aromatic heterocycles. The van der Waals surface area contributed by atoms with Gasteiger partial charge in [-0.1, -0.05) is 36.9 Å². The third kappa shape index (κ3) is 3.54. The van der Waals surface area contributed by atoms with Crippen LogP contribution in [0.15, 0.2) is 48.6 Å². The third-order valence-electron chi connectivity index (χ3n) is 2.98. The summed E-state index contributed by atoms with van der Waals surface area (Å²) in [5.74, 6) is 0.00587. The number of carbonyl (C=O) groups is 1. The summed E-state index contributed by atoms with van der Waals surface area (Å²) in [5.41, 5.74) is 0.343. The zero-order valence-corrected chi connectivity index (χ0v) is 12.1. The van der Waals surface area contributed by atoms with Crippen LogP contribution >= 0.6 is 0 Å². The lowest BCUT2D eigenvalue weighted by atomic mass is 10.1. The molecule has 0 aliphatic carbocycles. The van der Waals surface area contributed by atoms with E-state index in [-0.39, 0.29) is 18.5 Å². The number of ether oxygens (including phenoxy) is 2. The summed E-state index contributed by atoms with van der Waals surface area (Å²) in [6.45, 7) is 6.97. The van der Waals surface area contributed by atoms with Crippen LogP contribution < -0.4 is 4.74 Å². The molecule has 1 unspecified atom stereocenters. The predicted octanol–water partition coefficient (Wildman–Crippen LogP) is 3.43. The molecule has 0 aliphatic rings. The van der Waals surface area contributed by atoms with E-state index in [0.717, 1.165) is 10.8 Å². The lowest BCUT2D eigenvalue weighted by molar-refractivity contribution is -0.141. The maximum Gasteiger partial charge on any atom is 0.333 e. The van der Waals surface area contributed by atoms with E-state index in [1.807, 2.05) is 30.3 Å². The van der Waals surface area contributed by atoms with Crippen LogP contribution in [0.2, 0.25) is 0 Å². The zero-order chi connectivity index (χ0) is 15.4. The van der Waals surface area contributed by atoms with E-state index >= 15 is 0 Å². The molecular weight excluding hydrogens is 268 g/mol. The number of hydrogen-bond acceptors (Lipinski definition) is 4. The standard InChI is InChI=1S/C17H18O4/c1-11(2)17(19)20-10-12(3)21-16-14-7-5-4-6-13(14)8-9-15(16)18/h4-9,12,18H,1,10H2,2-3H3. The Morgan fingerprint density at radius 2 is 2.00 bits per heavy atom. The molecule has 0 bridgehead atoms. The van der Waals surface area contributed by atoms with Crippen LogP contribution in [0.25, 0.3) is 10.8 Å². The van der Waals surface area contributed by atoms with Gasteiger partial charge in [0.05, 0.1) is 0 Å². The third-order valence-corrected chi connectivity index (χ3v) is 2.98. The van der Waals surface area contributed by atoms with Crippen LogP contribution in [-0.4, -0.2) is 23.8 Å². The maximum absolute atomic E-state index is 11.4. The normalized spacial score (nSPS) is 11.9. The Balaban J connectivity index is 2.14. The van der Waals surface area contributed by atoms with E-state index in [0.29, 0.717) is 11.3 Å². The van der Waals surface area contributed by atoms with Crippen LogP contribution in [0, 0.1) is 0 Å². The van der Waals surface area contributed by atoms with Gasteiger partial charge in [-0.05, 0) is 25.3 Å². The first-order valence-corrected chi connectivity index (χ1v) is 6.69. The Labute approximate surface area is 123 Å². The molecule has 1 N–H and O–H groups in total. The molecule has 2 aromatic carbocycles. The first kappa shape index (κ1) is 14.9. The first-order valence-electron chi connectivity index (χ1n) is 6.69. The van der Waals surface area contributed by atoms with Gasteiger partial charge in [0, 0.05) is 11.0 Å². The highest BCUT2D eigenvalue weighted by Crippen LogP contribution is 2.35. The minimum Gasteiger partial charge on any atom is -0.504 e. The molecule has 0 amide bonds. The molecule has 0 heterocycles. The molecule has 110 valence electrons. The van der Waals surface area contributed by atoms with Crippen LogP contribution in [0.3, 0.4) is 0 Å². The Bertz CT molecular complexity index is 676. The summed E-state index contributed by atoms with van der Waals surface area (Å²) in [4.78, 5) is 11.4. The Kier molecular flexibility index (Phi) is 4.48. The molecule has 0 aliphatic heterocycles. The second-order valence-corrected chi connectivity index (χ2v) is 4.94. The topological polar surface area (TPSA) is 55.8 Å². The van der Waals surface area contributed by atoms with Gasteiger partial charge in [0.2, 0.25) is 0 Å². The van der Waals surface area contributed by atoms with Crippen molar-refractivity contribution < 1.29 is 19.4 Å². The molecule has 0 saturated heterocycles. The monoisotopic (exact) mass is 286 g/mol. The fourth-order valence-electron chi connectivity index (χ4n) is 1.91. The minimum absolute atomic E-state index is 0.0618. The van der Waals surface area contributed by atoms with Gasteiger partial charge in [0.1, 0.15) is 12.7 Å². The smallest absolute Gasteiger partial charge is 0.333 e. The van der Waals surface area contributed by atoms with E-state index in [2.05, 4.69) is 6.58 Å². The number of benzene rings is 2. The number of esters is 1. The van der Waals surface area contributed by atoms with Crippen LogP contribution in [0.4, 0.5) is 0 Å². The second kappa shape index (κ2) is 6.31. The average molecular weight is 286 g/mol. The van der Waals surface area contributed by atoms with Crippen LogP contribution in [0.5, 0.6) is 11.5 Å². The van der Waals surface area contributed by atoms with Gasteiger partial charge < -0.3 is 14.6 Å². The van der Waals surface area contributed by atoms with Gasteiger partial charge in [-0.25, -0.2) is 4.79 Å². The number of phenols is 1. The molecular formula is C17H18O4. The Hall–Kier alpha value is -2.49. The largest absolute Gasteiger partial charge is 0.504 e. The van der Waals surface area contributed by atoms with Crippen molar-refractivity contribution in [2.24, 2.45) is 0 Å². The molecule has 0 fully saturated rings. The van der Waals surface area contributed by atoms with Gasteiger partial charge in [-0.3, -0.25) is 0 Å². The van der Waals surface area contributed by atoms with Crippen LogP contribution in [0.1, 0.15) is 13.8 Å². The van der Waals surface area contributed by atoms with Crippen molar-refractivity contribution in [3.63, 3.8) is 0 Å². The SMILES string of the molecule is C=C(C)C(=O)OCC(C)Oc1c(O)ccc2ccccc12. The minimum atomic E-state index is -0.451. The second-order valence-electron chi connectivity index (χ2n) is 4.94. The molecule has 4 nitrogen and oxygen atoms in total. The molecule has 4 heteroatoms. The highest BCUT2D eigenvalue weighted by Gasteiger charge is 2.14. The first-order chi connectivity index (χ1) is 9.99. The van der Waals surface area contributed by atoms with E-state index in [1.165, 1.54) is 0 Å². The van der Waals surface area contributed by atoms with E-state index in [9.17, 15) is 9.90 Å². The van der Waals surface area contributed by atoms with Crippen LogP contribution in [-0.2, 0) is 9.53 Å². The van der Waals surface area contributed by atoms with Gasteiger partial charge in [-0.2, -0.15) is 0 Å².